The molecular formula is C10H10S8. The van der Waals surface area contributed by atoms with E-state index in [-0.39, 0.29) is 0 Å². The second-order valence-electron chi connectivity index (χ2n) is 3.34. The van der Waals surface area contributed by atoms with Gasteiger partial charge in [-0.1, -0.05) is 68.6 Å². The molecule has 3 aliphatic heterocycles. The molecule has 0 aliphatic carbocycles. The van der Waals surface area contributed by atoms with Crippen LogP contribution < -0.4 is 0 Å². The summed E-state index contributed by atoms with van der Waals surface area (Å²) < 4.78 is 5.98. The Labute approximate surface area is 141 Å². The van der Waals surface area contributed by atoms with E-state index < -0.39 is 0 Å². The Hall–Kier alpha value is 2.02. The molecule has 0 saturated heterocycles. The van der Waals surface area contributed by atoms with E-state index in [1.807, 2.05) is 92.2 Å². The van der Waals surface area contributed by atoms with Crippen LogP contribution in [0.25, 0.3) is 0 Å². The first-order valence-electron chi connectivity index (χ1n) is 5.06. The zero-order valence-electron chi connectivity index (χ0n) is 9.68. The van der Waals surface area contributed by atoms with Gasteiger partial charge in [-0.05, 0) is 12.5 Å². The fourth-order valence-corrected chi connectivity index (χ4v) is 12.5. The lowest BCUT2D eigenvalue weighted by atomic mass is 10.6. The Morgan fingerprint density at radius 1 is 0.722 bits per heavy atom. The van der Waals surface area contributed by atoms with E-state index in [2.05, 4.69) is 12.5 Å². The summed E-state index contributed by atoms with van der Waals surface area (Å²) in [7, 11) is 3.99. The molecule has 0 aromatic rings. The lowest BCUT2D eigenvalue weighted by Crippen LogP contribution is -1.90. The van der Waals surface area contributed by atoms with Gasteiger partial charge in [0.1, 0.15) is 0 Å². The molecule has 0 amide bonds. The number of hydrogen-bond donors (Lipinski definition) is 0. The summed E-state index contributed by atoms with van der Waals surface area (Å²) in [6, 6.07) is 0. The van der Waals surface area contributed by atoms with Crippen LogP contribution in [0.4, 0.5) is 0 Å². The van der Waals surface area contributed by atoms with Gasteiger partial charge in [0.15, 0.2) is 0 Å². The van der Waals surface area contributed by atoms with E-state index in [9.17, 15) is 0 Å². The second kappa shape index (κ2) is 6.85. The van der Waals surface area contributed by atoms with Crippen LogP contribution in [0.5, 0.6) is 0 Å². The molecule has 0 radical (unpaired) electrons. The fourth-order valence-electron chi connectivity index (χ4n) is 1.46. The Bertz CT molecular complexity index is 398. The molecule has 0 N–H and O–H groups in total. The van der Waals surface area contributed by atoms with E-state index >= 15 is 0 Å². The molecule has 8 heteroatoms. The highest BCUT2D eigenvalue weighted by Crippen LogP contribution is 2.64. The van der Waals surface area contributed by atoms with Crippen molar-refractivity contribution in [2.45, 2.75) is 0 Å². The molecule has 3 rings (SSSR count). The fraction of sp³-hybridized carbons (Fsp3) is 0.400. The van der Waals surface area contributed by atoms with Gasteiger partial charge < -0.3 is 0 Å². The zero-order valence-corrected chi connectivity index (χ0v) is 16.2. The maximum atomic E-state index is 2.18. The highest BCUT2D eigenvalue weighted by Gasteiger charge is 2.30. The first kappa shape index (κ1) is 14.9. The molecule has 0 aromatic carbocycles. The van der Waals surface area contributed by atoms with Crippen molar-refractivity contribution in [1.82, 2.24) is 0 Å². The van der Waals surface area contributed by atoms with Crippen molar-refractivity contribution in [1.29, 1.82) is 0 Å². The molecule has 3 heterocycles. The minimum Gasteiger partial charge on any atom is -0.121 e. The average Bonchev–Trinajstić information content (AvgIpc) is 3.01. The molecule has 0 bridgehead atoms. The van der Waals surface area contributed by atoms with E-state index in [1.54, 1.807) is 9.81 Å². The van der Waals surface area contributed by atoms with Gasteiger partial charge in [-0.2, -0.15) is 0 Å². The lowest BCUT2D eigenvalue weighted by Gasteiger charge is -2.09. The molecule has 98 valence electrons. The van der Waals surface area contributed by atoms with Gasteiger partial charge >= 0.3 is 0 Å². The molecule has 0 nitrogen and oxygen atoms in total. The monoisotopic (exact) mass is 386 g/mol. The van der Waals surface area contributed by atoms with Crippen molar-refractivity contribution in [3.63, 3.8) is 0 Å². The standard InChI is InChI=1S/C10H10S8/c1-11-7-8(12-2)18-10(17-7)9-15-5-3-13-14-4-6(5)16-9/h3-4H2,1-2H3. The predicted octanol–water partition coefficient (Wildman–Crippen LogP) is 6.53. The predicted molar refractivity (Wildman–Crippen MR) is 103 cm³/mol. The normalized spacial score (nSPS) is 24.3. The number of hydrogen-bond acceptors (Lipinski definition) is 8. The van der Waals surface area contributed by atoms with E-state index in [4.69, 9.17) is 0 Å². The number of thioether (sulfide) groups is 6. The van der Waals surface area contributed by atoms with Gasteiger partial charge in [-0.3, -0.25) is 0 Å². The third kappa shape index (κ3) is 3.10. The van der Waals surface area contributed by atoms with Gasteiger partial charge in [0.25, 0.3) is 0 Å². The Balaban J connectivity index is 1.76. The first-order valence-corrected chi connectivity index (χ1v) is 13.3. The molecule has 0 saturated carbocycles. The highest BCUT2D eigenvalue weighted by molar-refractivity contribution is 8.77. The van der Waals surface area contributed by atoms with Gasteiger partial charge in [0.05, 0.1) is 16.9 Å². The van der Waals surface area contributed by atoms with Crippen molar-refractivity contribution in [3.05, 3.63) is 26.8 Å². The van der Waals surface area contributed by atoms with Crippen LogP contribution in [0.1, 0.15) is 0 Å². The van der Waals surface area contributed by atoms with Crippen molar-refractivity contribution in [2.75, 3.05) is 24.0 Å². The van der Waals surface area contributed by atoms with Crippen molar-refractivity contribution in [2.24, 2.45) is 0 Å². The van der Waals surface area contributed by atoms with Crippen LogP contribution in [0.2, 0.25) is 0 Å². The summed E-state index contributed by atoms with van der Waals surface area (Å²) in [5.74, 6) is 2.39. The minimum absolute atomic E-state index is 1.20. The van der Waals surface area contributed by atoms with Gasteiger partial charge in [0.2, 0.25) is 0 Å². The Morgan fingerprint density at radius 2 is 1.17 bits per heavy atom. The topological polar surface area (TPSA) is 0 Å². The van der Waals surface area contributed by atoms with Crippen LogP contribution in [0.3, 0.4) is 0 Å². The summed E-state index contributed by atoms with van der Waals surface area (Å²) in [5.41, 5.74) is 0. The molecule has 0 unspecified atom stereocenters. The lowest BCUT2D eigenvalue weighted by molar-refractivity contribution is 1.60. The van der Waals surface area contributed by atoms with E-state index in [0.29, 0.717) is 0 Å². The summed E-state index contributed by atoms with van der Waals surface area (Å²) in [6.45, 7) is 0. The highest BCUT2D eigenvalue weighted by atomic mass is 33.1. The average molecular weight is 387 g/mol. The zero-order chi connectivity index (χ0) is 12.5. The van der Waals surface area contributed by atoms with Crippen molar-refractivity contribution < 1.29 is 0 Å². The molecule has 18 heavy (non-hydrogen) atoms. The van der Waals surface area contributed by atoms with Gasteiger partial charge in [0, 0.05) is 21.3 Å². The van der Waals surface area contributed by atoms with Crippen LogP contribution in [-0.4, -0.2) is 24.0 Å². The van der Waals surface area contributed by atoms with Crippen molar-refractivity contribution in [3.8, 4) is 0 Å². The minimum atomic E-state index is 1.20. The molecule has 0 fully saturated rings. The van der Waals surface area contributed by atoms with Crippen LogP contribution in [0.15, 0.2) is 26.8 Å². The summed E-state index contributed by atoms with van der Waals surface area (Å²) >= 11 is 11.7. The Morgan fingerprint density at radius 3 is 1.61 bits per heavy atom. The maximum Gasteiger partial charge on any atom is 0.0717 e. The van der Waals surface area contributed by atoms with Crippen molar-refractivity contribution >= 4 is 92.2 Å². The maximum absolute atomic E-state index is 2.18. The third-order valence-electron chi connectivity index (χ3n) is 2.28. The van der Waals surface area contributed by atoms with Gasteiger partial charge in [-0.15, -0.1) is 23.5 Å². The Kier molecular flexibility index (Phi) is 5.69. The number of rotatable bonds is 2. The van der Waals surface area contributed by atoms with Crippen LogP contribution >= 0.6 is 92.2 Å². The third-order valence-corrected chi connectivity index (χ3v) is 13.3. The second-order valence-corrected chi connectivity index (χ2v) is 12.7. The molecular weight excluding hydrogens is 377 g/mol. The van der Waals surface area contributed by atoms with Crippen LogP contribution in [0, 0.1) is 0 Å². The molecule has 0 spiro atoms. The van der Waals surface area contributed by atoms with E-state index in [0.717, 1.165) is 0 Å². The molecule has 0 aromatic heterocycles. The SMILES string of the molecule is CSC1=C(SC)SC(=C2SC3=C(CSSC3)S2)S1. The largest absolute Gasteiger partial charge is 0.121 e. The molecule has 3 aliphatic rings. The summed E-state index contributed by atoms with van der Waals surface area (Å²) in [4.78, 5) is 3.21. The first-order chi connectivity index (χ1) is 8.81. The summed E-state index contributed by atoms with van der Waals surface area (Å²) in [5, 5.41) is 0. The smallest absolute Gasteiger partial charge is 0.0717 e. The van der Waals surface area contributed by atoms with Crippen LogP contribution in [-0.2, 0) is 0 Å². The van der Waals surface area contributed by atoms with E-state index in [1.165, 1.54) is 28.5 Å². The van der Waals surface area contributed by atoms with Gasteiger partial charge in [-0.25, -0.2) is 0 Å². The molecule has 0 atom stereocenters. The summed E-state index contributed by atoms with van der Waals surface area (Å²) in [6.07, 6.45) is 4.36. The quantitative estimate of drug-likeness (QED) is 0.485.